The maximum atomic E-state index is 14.3. The Kier molecular flexibility index (Phi) is 4.52. The third-order valence-corrected chi connectivity index (χ3v) is 5.04. The fourth-order valence-electron chi connectivity index (χ4n) is 3.75. The van der Waals surface area contributed by atoms with E-state index in [9.17, 15) is 9.18 Å². The Balaban J connectivity index is 1.64. The number of hydrogen-bond acceptors (Lipinski definition) is 4. The highest BCUT2D eigenvalue weighted by molar-refractivity contribution is 5.80. The first-order chi connectivity index (χ1) is 13.1. The number of benzene rings is 2. The summed E-state index contributed by atoms with van der Waals surface area (Å²) >= 11 is 0. The van der Waals surface area contributed by atoms with Gasteiger partial charge in [0.1, 0.15) is 5.82 Å². The van der Waals surface area contributed by atoms with Crippen molar-refractivity contribution < 1.29 is 18.3 Å². The highest BCUT2D eigenvalue weighted by atomic mass is 19.1. The van der Waals surface area contributed by atoms with E-state index in [0.29, 0.717) is 23.8 Å². The molecule has 1 fully saturated rings. The molecule has 0 saturated heterocycles. The summed E-state index contributed by atoms with van der Waals surface area (Å²) in [7, 11) is 0. The van der Waals surface area contributed by atoms with Crippen LogP contribution in [-0.4, -0.2) is 17.6 Å². The summed E-state index contributed by atoms with van der Waals surface area (Å²) in [4.78, 5) is 16.5. The van der Waals surface area contributed by atoms with Crippen molar-refractivity contribution in [1.82, 2.24) is 4.98 Å². The van der Waals surface area contributed by atoms with E-state index in [2.05, 4.69) is 4.98 Å². The number of carbonyl (C=O) groups is 1. The number of hydrogen-bond donors (Lipinski definition) is 0. The molecule has 27 heavy (non-hydrogen) atoms. The Bertz CT molecular complexity index is 964. The van der Waals surface area contributed by atoms with E-state index in [1.165, 1.54) is 6.07 Å². The molecule has 1 aromatic heterocycles. The van der Waals surface area contributed by atoms with Crippen LogP contribution in [0, 0.1) is 18.7 Å². The van der Waals surface area contributed by atoms with Crippen LogP contribution in [0.15, 0.2) is 59.1 Å². The van der Waals surface area contributed by atoms with Crippen LogP contribution in [-0.2, 0) is 9.53 Å². The third-order valence-electron chi connectivity index (χ3n) is 5.04. The lowest BCUT2D eigenvalue weighted by atomic mass is 10.0. The molecule has 0 aliphatic heterocycles. The largest absolute Gasteiger partial charge is 0.466 e. The van der Waals surface area contributed by atoms with Crippen molar-refractivity contribution in [3.63, 3.8) is 0 Å². The van der Waals surface area contributed by atoms with Crippen LogP contribution >= 0.6 is 0 Å². The summed E-state index contributed by atoms with van der Waals surface area (Å²) in [6, 6.07) is 14.4. The number of ether oxygens (including phenoxy) is 1. The molecule has 0 amide bonds. The van der Waals surface area contributed by atoms with Crippen LogP contribution in [0.1, 0.15) is 35.8 Å². The van der Waals surface area contributed by atoms with Crippen LogP contribution in [0.3, 0.4) is 0 Å². The van der Waals surface area contributed by atoms with Gasteiger partial charge in [-0.15, -0.1) is 0 Å². The number of halogens is 1. The SMILES string of the molecule is CCOC(=O)C1C(c2ccc(-c3cnc(C)o3)cc2)C1c1ccccc1F. The van der Waals surface area contributed by atoms with Crippen LogP contribution in [0.2, 0.25) is 0 Å². The summed E-state index contributed by atoms with van der Waals surface area (Å²) in [6.45, 7) is 3.89. The summed E-state index contributed by atoms with van der Waals surface area (Å²) < 4.78 is 25.1. The molecule has 3 atom stereocenters. The molecule has 5 heteroatoms. The second-order valence-corrected chi connectivity index (χ2v) is 6.72. The molecule has 1 heterocycles. The minimum atomic E-state index is -0.361. The fraction of sp³-hybridized carbons (Fsp3) is 0.273. The Morgan fingerprint density at radius 2 is 1.89 bits per heavy atom. The normalized spacial score (nSPS) is 21.1. The molecule has 0 bridgehead atoms. The van der Waals surface area contributed by atoms with Crippen LogP contribution in [0.5, 0.6) is 0 Å². The Morgan fingerprint density at radius 1 is 1.15 bits per heavy atom. The number of rotatable bonds is 5. The van der Waals surface area contributed by atoms with Gasteiger partial charge in [0.2, 0.25) is 0 Å². The van der Waals surface area contributed by atoms with Gasteiger partial charge in [0.25, 0.3) is 0 Å². The lowest BCUT2D eigenvalue weighted by molar-refractivity contribution is -0.144. The van der Waals surface area contributed by atoms with Crippen LogP contribution in [0.4, 0.5) is 4.39 Å². The molecule has 4 rings (SSSR count). The first kappa shape index (κ1) is 17.5. The standard InChI is InChI=1S/C22H20FNO3/c1-3-26-22(25)21-19(20(21)16-6-4-5-7-17(16)23)15-10-8-14(9-11-15)18-12-24-13(2)27-18/h4-12,19-21H,3H2,1-2H3. The third kappa shape index (κ3) is 3.25. The molecule has 0 N–H and O–H groups in total. The second-order valence-electron chi connectivity index (χ2n) is 6.72. The predicted octanol–water partition coefficient (Wildman–Crippen LogP) is 4.85. The zero-order valence-electron chi connectivity index (χ0n) is 15.2. The van der Waals surface area contributed by atoms with Gasteiger partial charge in [-0.2, -0.15) is 0 Å². The van der Waals surface area contributed by atoms with Crippen molar-refractivity contribution in [3.05, 3.63) is 77.6 Å². The molecular weight excluding hydrogens is 345 g/mol. The lowest BCUT2D eigenvalue weighted by Gasteiger charge is -2.03. The quantitative estimate of drug-likeness (QED) is 0.607. The smallest absolute Gasteiger partial charge is 0.310 e. The van der Waals surface area contributed by atoms with Gasteiger partial charge in [0.15, 0.2) is 11.7 Å². The molecule has 0 radical (unpaired) electrons. The number of oxazole rings is 1. The highest BCUT2D eigenvalue weighted by Gasteiger charge is 2.57. The van der Waals surface area contributed by atoms with E-state index >= 15 is 0 Å². The molecule has 3 aromatic rings. The molecular formula is C22H20FNO3. The minimum absolute atomic E-state index is 0.0912. The topological polar surface area (TPSA) is 52.3 Å². The molecule has 2 aromatic carbocycles. The minimum Gasteiger partial charge on any atom is -0.466 e. The van der Waals surface area contributed by atoms with Gasteiger partial charge in [0.05, 0.1) is 18.7 Å². The number of nitrogens with zero attached hydrogens (tertiary/aromatic N) is 1. The average molecular weight is 365 g/mol. The fourth-order valence-corrected chi connectivity index (χ4v) is 3.75. The van der Waals surface area contributed by atoms with Gasteiger partial charge < -0.3 is 9.15 Å². The number of aryl methyl sites for hydroxylation is 1. The molecule has 1 saturated carbocycles. The molecule has 1 aliphatic carbocycles. The molecule has 3 unspecified atom stereocenters. The summed E-state index contributed by atoms with van der Waals surface area (Å²) in [5, 5.41) is 0. The average Bonchev–Trinajstić information content (AvgIpc) is 3.26. The molecule has 138 valence electrons. The first-order valence-corrected chi connectivity index (χ1v) is 9.04. The van der Waals surface area contributed by atoms with Crippen molar-refractivity contribution in [3.8, 4) is 11.3 Å². The predicted molar refractivity (Wildman–Crippen MR) is 98.7 cm³/mol. The van der Waals surface area contributed by atoms with Crippen molar-refractivity contribution in [2.75, 3.05) is 6.61 Å². The maximum absolute atomic E-state index is 14.3. The monoisotopic (exact) mass is 365 g/mol. The Labute approximate surface area is 157 Å². The van der Waals surface area contributed by atoms with Gasteiger partial charge in [-0.25, -0.2) is 9.37 Å². The molecule has 1 aliphatic rings. The van der Waals surface area contributed by atoms with Crippen LogP contribution < -0.4 is 0 Å². The van der Waals surface area contributed by atoms with Crippen LogP contribution in [0.25, 0.3) is 11.3 Å². The van der Waals surface area contributed by atoms with Crippen molar-refractivity contribution in [1.29, 1.82) is 0 Å². The summed E-state index contributed by atoms with van der Waals surface area (Å²) in [5.74, 6) is 0.0924. The molecule has 4 nitrogen and oxygen atoms in total. The zero-order chi connectivity index (χ0) is 19.0. The van der Waals surface area contributed by atoms with E-state index in [4.69, 9.17) is 9.15 Å². The van der Waals surface area contributed by atoms with Gasteiger partial charge in [0, 0.05) is 24.3 Å². The number of esters is 1. The first-order valence-electron chi connectivity index (χ1n) is 9.04. The Hall–Kier alpha value is -2.95. The van der Waals surface area contributed by atoms with Gasteiger partial charge in [-0.1, -0.05) is 42.5 Å². The van der Waals surface area contributed by atoms with Gasteiger partial charge in [-0.3, -0.25) is 4.79 Å². The van der Waals surface area contributed by atoms with E-state index in [1.807, 2.05) is 24.3 Å². The second kappa shape index (κ2) is 6.99. The van der Waals surface area contributed by atoms with E-state index in [1.54, 1.807) is 38.2 Å². The lowest BCUT2D eigenvalue weighted by Crippen LogP contribution is -2.08. The zero-order valence-corrected chi connectivity index (χ0v) is 15.2. The molecule has 0 spiro atoms. The van der Waals surface area contributed by atoms with E-state index in [0.717, 1.165) is 11.1 Å². The van der Waals surface area contributed by atoms with Gasteiger partial charge in [-0.05, 0) is 24.1 Å². The summed E-state index contributed by atoms with van der Waals surface area (Å²) in [5.41, 5.74) is 2.46. The summed E-state index contributed by atoms with van der Waals surface area (Å²) in [6.07, 6.45) is 1.69. The maximum Gasteiger partial charge on any atom is 0.310 e. The van der Waals surface area contributed by atoms with Gasteiger partial charge >= 0.3 is 5.97 Å². The van der Waals surface area contributed by atoms with Crippen molar-refractivity contribution in [2.24, 2.45) is 5.92 Å². The van der Waals surface area contributed by atoms with Crippen molar-refractivity contribution >= 4 is 5.97 Å². The Morgan fingerprint density at radius 3 is 2.52 bits per heavy atom. The van der Waals surface area contributed by atoms with Crippen molar-refractivity contribution in [2.45, 2.75) is 25.7 Å². The van der Waals surface area contributed by atoms with E-state index < -0.39 is 0 Å². The number of aromatic nitrogens is 1. The highest BCUT2D eigenvalue weighted by Crippen LogP contribution is 2.61. The number of carbonyl (C=O) groups excluding carboxylic acids is 1. The van der Waals surface area contributed by atoms with E-state index in [-0.39, 0.29) is 29.5 Å².